The lowest BCUT2D eigenvalue weighted by Gasteiger charge is -2.19. The molecule has 0 saturated carbocycles. The molecule has 0 N–H and O–H groups in total. The number of aromatic nitrogens is 2. The average Bonchev–Trinajstić information content (AvgIpc) is 3.05. The minimum atomic E-state index is -3.64. The lowest BCUT2D eigenvalue weighted by molar-refractivity contribution is 0.206. The predicted molar refractivity (Wildman–Crippen MR) is 87.6 cm³/mol. The molecule has 0 spiro atoms. The molecular weight excluding hydrogens is 330 g/mol. The smallest absolute Gasteiger partial charge is 0.246 e. The third-order valence-corrected chi connectivity index (χ3v) is 5.76. The zero-order chi connectivity index (χ0) is 17.2. The highest BCUT2D eigenvalue weighted by molar-refractivity contribution is 7.89. The predicted octanol–water partition coefficient (Wildman–Crippen LogP) is 1.64. The van der Waals surface area contributed by atoms with E-state index < -0.39 is 10.0 Å². The topological polar surface area (TPSA) is 81.6 Å². The van der Waals surface area contributed by atoms with Gasteiger partial charge in [0.15, 0.2) is 0 Å². The van der Waals surface area contributed by atoms with E-state index in [0.717, 1.165) is 5.56 Å². The fraction of sp³-hybridized carbons (Fsp3) is 0.375. The second kappa shape index (κ2) is 6.74. The summed E-state index contributed by atoms with van der Waals surface area (Å²) in [5, 5.41) is 0. The lowest BCUT2D eigenvalue weighted by atomic mass is 10.2. The Hall–Kier alpha value is -2.19. The van der Waals surface area contributed by atoms with Crippen molar-refractivity contribution >= 4 is 10.0 Å². The van der Waals surface area contributed by atoms with Crippen LogP contribution in [0.4, 0.5) is 0 Å². The van der Waals surface area contributed by atoms with Crippen LogP contribution in [0.3, 0.4) is 0 Å². The highest BCUT2D eigenvalue weighted by Gasteiger charge is 2.35. The van der Waals surface area contributed by atoms with Gasteiger partial charge < -0.3 is 9.47 Å². The number of ether oxygens (including phenoxy) is 2. The Morgan fingerprint density at radius 1 is 1.29 bits per heavy atom. The van der Waals surface area contributed by atoms with Gasteiger partial charge in [0, 0.05) is 18.9 Å². The van der Waals surface area contributed by atoms with Gasteiger partial charge in [-0.2, -0.15) is 4.31 Å². The van der Waals surface area contributed by atoms with Gasteiger partial charge in [0.2, 0.25) is 15.9 Å². The number of sulfonamides is 1. The van der Waals surface area contributed by atoms with E-state index in [2.05, 4.69) is 9.97 Å². The summed E-state index contributed by atoms with van der Waals surface area (Å²) in [6, 6.07) is 5.12. The number of methoxy groups -OCH3 is 1. The van der Waals surface area contributed by atoms with Gasteiger partial charge >= 0.3 is 0 Å². The zero-order valence-corrected chi connectivity index (χ0v) is 14.4. The van der Waals surface area contributed by atoms with E-state index >= 15 is 0 Å². The SMILES string of the molecule is COc1ccc(C)cc1S(=O)(=O)N1CCC(Oc2cnccn2)C1. The summed E-state index contributed by atoms with van der Waals surface area (Å²) in [5.41, 5.74) is 0.862. The van der Waals surface area contributed by atoms with Crippen LogP contribution in [0.25, 0.3) is 0 Å². The summed E-state index contributed by atoms with van der Waals surface area (Å²) >= 11 is 0. The standard InChI is InChI=1S/C16H19N3O4S/c1-12-3-4-14(22-2)15(9-12)24(20,21)19-8-5-13(11-19)23-16-10-17-6-7-18-16/h3-4,6-7,9-10,13H,5,8,11H2,1-2H3. The molecule has 0 bridgehead atoms. The van der Waals surface area contributed by atoms with Gasteiger partial charge in [-0.3, -0.25) is 4.98 Å². The molecule has 1 fully saturated rings. The van der Waals surface area contributed by atoms with Crippen molar-refractivity contribution in [2.24, 2.45) is 0 Å². The van der Waals surface area contributed by atoms with Gasteiger partial charge in [-0.05, 0) is 31.0 Å². The van der Waals surface area contributed by atoms with Gasteiger partial charge in [0.25, 0.3) is 0 Å². The van der Waals surface area contributed by atoms with Crippen LogP contribution in [-0.4, -0.2) is 49.0 Å². The molecule has 1 aliphatic rings. The summed E-state index contributed by atoms with van der Waals surface area (Å²) in [7, 11) is -2.17. The van der Waals surface area contributed by atoms with E-state index in [0.29, 0.717) is 24.6 Å². The van der Waals surface area contributed by atoms with E-state index in [1.165, 1.54) is 23.8 Å². The molecule has 7 nitrogen and oxygen atoms in total. The molecule has 8 heteroatoms. The second-order valence-electron chi connectivity index (χ2n) is 5.59. The molecule has 1 atom stereocenters. The third kappa shape index (κ3) is 3.34. The molecule has 3 rings (SSSR count). The van der Waals surface area contributed by atoms with E-state index in [1.54, 1.807) is 18.3 Å². The first kappa shape index (κ1) is 16.7. The maximum absolute atomic E-state index is 12.9. The molecule has 1 aliphatic heterocycles. The van der Waals surface area contributed by atoms with E-state index in [4.69, 9.17) is 9.47 Å². The summed E-state index contributed by atoms with van der Waals surface area (Å²) in [6.45, 7) is 2.52. The first-order chi connectivity index (χ1) is 11.5. The number of hydrogen-bond acceptors (Lipinski definition) is 6. The molecule has 0 amide bonds. The van der Waals surface area contributed by atoms with Crippen LogP contribution >= 0.6 is 0 Å². The van der Waals surface area contributed by atoms with Crippen LogP contribution in [0.1, 0.15) is 12.0 Å². The van der Waals surface area contributed by atoms with Crippen LogP contribution in [0.2, 0.25) is 0 Å². The Kier molecular flexibility index (Phi) is 4.68. The molecule has 2 heterocycles. The van der Waals surface area contributed by atoms with Crippen LogP contribution in [0.15, 0.2) is 41.7 Å². The van der Waals surface area contributed by atoms with Crippen molar-refractivity contribution in [2.45, 2.75) is 24.3 Å². The maximum Gasteiger partial charge on any atom is 0.246 e. The first-order valence-electron chi connectivity index (χ1n) is 7.58. The van der Waals surface area contributed by atoms with E-state index in [-0.39, 0.29) is 17.5 Å². The summed E-state index contributed by atoms with van der Waals surface area (Å²) in [6.07, 6.45) is 4.97. The van der Waals surface area contributed by atoms with Gasteiger partial charge in [0.1, 0.15) is 16.7 Å². The summed E-state index contributed by atoms with van der Waals surface area (Å²) < 4.78 is 38.2. The normalized spacial score (nSPS) is 18.5. The molecule has 2 aromatic rings. The van der Waals surface area contributed by atoms with Crippen LogP contribution < -0.4 is 9.47 Å². The Morgan fingerprint density at radius 3 is 2.83 bits per heavy atom. The van der Waals surface area contributed by atoms with Crippen LogP contribution in [0, 0.1) is 6.92 Å². The minimum absolute atomic E-state index is 0.185. The first-order valence-corrected chi connectivity index (χ1v) is 9.02. The van der Waals surface area contributed by atoms with Gasteiger partial charge in [-0.25, -0.2) is 13.4 Å². The Labute approximate surface area is 141 Å². The van der Waals surface area contributed by atoms with Crippen LogP contribution in [-0.2, 0) is 10.0 Å². The highest BCUT2D eigenvalue weighted by Crippen LogP contribution is 2.30. The fourth-order valence-corrected chi connectivity index (χ4v) is 4.38. The average molecular weight is 349 g/mol. The van der Waals surface area contributed by atoms with Crippen molar-refractivity contribution in [1.29, 1.82) is 0 Å². The van der Waals surface area contributed by atoms with Crippen molar-refractivity contribution in [2.75, 3.05) is 20.2 Å². The molecule has 1 aromatic carbocycles. The maximum atomic E-state index is 12.9. The third-order valence-electron chi connectivity index (χ3n) is 3.87. The molecule has 1 saturated heterocycles. The molecule has 0 aliphatic carbocycles. The van der Waals surface area contributed by atoms with Gasteiger partial charge in [0.05, 0.1) is 19.9 Å². The summed E-state index contributed by atoms with van der Waals surface area (Å²) in [5.74, 6) is 0.744. The van der Waals surface area contributed by atoms with Crippen molar-refractivity contribution < 1.29 is 17.9 Å². The van der Waals surface area contributed by atoms with Crippen molar-refractivity contribution in [3.8, 4) is 11.6 Å². The fourth-order valence-electron chi connectivity index (χ4n) is 2.65. The highest BCUT2D eigenvalue weighted by atomic mass is 32.2. The van der Waals surface area contributed by atoms with Crippen LogP contribution in [0.5, 0.6) is 11.6 Å². The quantitative estimate of drug-likeness (QED) is 0.816. The molecule has 0 radical (unpaired) electrons. The number of aryl methyl sites for hydroxylation is 1. The molecule has 24 heavy (non-hydrogen) atoms. The molecule has 1 aromatic heterocycles. The second-order valence-corrected chi connectivity index (χ2v) is 7.50. The number of hydrogen-bond donors (Lipinski definition) is 0. The lowest BCUT2D eigenvalue weighted by Crippen LogP contribution is -2.31. The van der Waals surface area contributed by atoms with E-state index in [1.807, 2.05) is 13.0 Å². The Bertz CT molecular complexity index is 811. The Morgan fingerprint density at radius 2 is 2.12 bits per heavy atom. The Balaban J connectivity index is 1.78. The number of nitrogens with zero attached hydrogens (tertiary/aromatic N) is 3. The van der Waals surface area contributed by atoms with Gasteiger partial charge in [-0.1, -0.05) is 6.07 Å². The summed E-state index contributed by atoms with van der Waals surface area (Å²) in [4.78, 5) is 8.18. The number of rotatable bonds is 5. The number of benzene rings is 1. The molecule has 1 unspecified atom stereocenters. The van der Waals surface area contributed by atoms with E-state index in [9.17, 15) is 8.42 Å². The largest absolute Gasteiger partial charge is 0.495 e. The monoisotopic (exact) mass is 349 g/mol. The minimum Gasteiger partial charge on any atom is -0.495 e. The molecular formula is C16H19N3O4S. The van der Waals surface area contributed by atoms with Crippen molar-refractivity contribution in [1.82, 2.24) is 14.3 Å². The van der Waals surface area contributed by atoms with Gasteiger partial charge in [-0.15, -0.1) is 0 Å². The van der Waals surface area contributed by atoms with Crippen molar-refractivity contribution in [3.63, 3.8) is 0 Å². The molecule has 128 valence electrons. The zero-order valence-electron chi connectivity index (χ0n) is 13.5. The van der Waals surface area contributed by atoms with Crippen molar-refractivity contribution in [3.05, 3.63) is 42.4 Å².